The van der Waals surface area contributed by atoms with E-state index in [4.69, 9.17) is 4.74 Å². The third kappa shape index (κ3) is 2.50. The third-order valence-corrected chi connectivity index (χ3v) is 3.73. The third-order valence-electron chi connectivity index (χ3n) is 3.73. The number of likely N-dealkylation sites (tertiary alicyclic amines) is 1. The highest BCUT2D eigenvalue weighted by atomic mass is 16.6. The molecule has 1 saturated heterocycles. The van der Waals surface area contributed by atoms with Gasteiger partial charge in [0, 0.05) is 13.1 Å². The first-order valence-corrected chi connectivity index (χ1v) is 6.33. The van der Waals surface area contributed by atoms with Gasteiger partial charge in [-0.15, -0.1) is 0 Å². The van der Waals surface area contributed by atoms with Crippen LogP contribution >= 0.6 is 0 Å². The van der Waals surface area contributed by atoms with Crippen LogP contribution in [0.2, 0.25) is 0 Å². The molecule has 0 aromatic heterocycles. The molecule has 1 heterocycles. The SMILES string of the molecule is C[C@@H]1CC2CC1CN(C(=O)OC(C)(C)C)C2. The van der Waals surface area contributed by atoms with Crippen LogP contribution in [0.5, 0.6) is 0 Å². The monoisotopic (exact) mass is 225 g/mol. The first-order valence-electron chi connectivity index (χ1n) is 6.33. The molecule has 2 bridgehead atoms. The number of amides is 1. The standard InChI is InChI=1S/C13H23NO2/c1-9-5-10-6-11(9)8-14(7-10)12(15)16-13(2,3)4/h9-11H,5-8H2,1-4H3/t9-,10?,11?/m1/s1. The Hall–Kier alpha value is -0.730. The van der Waals surface area contributed by atoms with E-state index in [0.717, 1.165) is 19.0 Å². The quantitative estimate of drug-likeness (QED) is 0.634. The van der Waals surface area contributed by atoms with Gasteiger partial charge < -0.3 is 9.64 Å². The molecule has 16 heavy (non-hydrogen) atoms. The maximum absolute atomic E-state index is 11.9. The van der Waals surface area contributed by atoms with Gasteiger partial charge in [0.1, 0.15) is 5.60 Å². The summed E-state index contributed by atoms with van der Waals surface area (Å²) >= 11 is 0. The van der Waals surface area contributed by atoms with E-state index in [1.54, 1.807) is 0 Å². The van der Waals surface area contributed by atoms with Crippen LogP contribution in [0.4, 0.5) is 4.79 Å². The Balaban J connectivity index is 1.94. The topological polar surface area (TPSA) is 29.5 Å². The fourth-order valence-electron chi connectivity index (χ4n) is 3.02. The average molecular weight is 225 g/mol. The summed E-state index contributed by atoms with van der Waals surface area (Å²) in [7, 11) is 0. The number of hydrogen-bond acceptors (Lipinski definition) is 2. The molecule has 1 aliphatic heterocycles. The second kappa shape index (κ2) is 3.94. The number of rotatable bonds is 0. The van der Waals surface area contributed by atoms with E-state index in [0.29, 0.717) is 11.8 Å². The normalized spacial score (nSPS) is 34.0. The Kier molecular flexibility index (Phi) is 2.89. The Morgan fingerprint density at radius 2 is 1.94 bits per heavy atom. The average Bonchev–Trinajstić information content (AvgIpc) is 2.37. The Morgan fingerprint density at radius 3 is 2.50 bits per heavy atom. The largest absolute Gasteiger partial charge is 0.444 e. The van der Waals surface area contributed by atoms with Gasteiger partial charge in [0.15, 0.2) is 0 Å². The first-order chi connectivity index (χ1) is 7.35. The summed E-state index contributed by atoms with van der Waals surface area (Å²) in [6.45, 7) is 9.87. The zero-order valence-corrected chi connectivity index (χ0v) is 10.8. The van der Waals surface area contributed by atoms with E-state index in [2.05, 4.69) is 6.92 Å². The molecule has 2 rings (SSSR count). The van der Waals surface area contributed by atoms with Gasteiger partial charge >= 0.3 is 6.09 Å². The fourth-order valence-corrected chi connectivity index (χ4v) is 3.02. The summed E-state index contributed by atoms with van der Waals surface area (Å²) in [5, 5.41) is 0. The minimum absolute atomic E-state index is 0.128. The Bertz CT molecular complexity index is 280. The van der Waals surface area contributed by atoms with Crippen LogP contribution < -0.4 is 0 Å². The van der Waals surface area contributed by atoms with Gasteiger partial charge in [-0.3, -0.25) is 0 Å². The van der Waals surface area contributed by atoms with Crippen LogP contribution in [0, 0.1) is 17.8 Å². The summed E-state index contributed by atoms with van der Waals surface area (Å²) in [4.78, 5) is 13.9. The number of ether oxygens (including phenoxy) is 1. The lowest BCUT2D eigenvalue weighted by molar-refractivity contribution is 0.0147. The summed E-state index contributed by atoms with van der Waals surface area (Å²) < 4.78 is 5.42. The van der Waals surface area contributed by atoms with Crippen molar-refractivity contribution in [2.24, 2.45) is 17.8 Å². The van der Waals surface area contributed by atoms with Gasteiger partial charge in [-0.05, 0) is 51.4 Å². The minimum atomic E-state index is -0.376. The fraction of sp³-hybridized carbons (Fsp3) is 0.923. The van der Waals surface area contributed by atoms with Gasteiger partial charge in [-0.25, -0.2) is 4.79 Å². The molecule has 3 heteroatoms. The minimum Gasteiger partial charge on any atom is -0.444 e. The van der Waals surface area contributed by atoms with E-state index in [1.807, 2.05) is 25.7 Å². The molecule has 2 unspecified atom stereocenters. The molecule has 0 radical (unpaired) electrons. The van der Waals surface area contributed by atoms with Crippen LogP contribution in [0.1, 0.15) is 40.5 Å². The second-order valence-corrected chi connectivity index (χ2v) is 6.46. The molecule has 1 amide bonds. The Labute approximate surface area is 98.1 Å². The lowest BCUT2D eigenvalue weighted by Crippen LogP contribution is -2.43. The molecule has 3 nitrogen and oxygen atoms in total. The van der Waals surface area contributed by atoms with Crippen LogP contribution in [0.3, 0.4) is 0 Å². The molecule has 0 N–H and O–H groups in total. The molecule has 2 aliphatic rings. The number of carbonyl (C=O) groups is 1. The van der Waals surface area contributed by atoms with Crippen molar-refractivity contribution < 1.29 is 9.53 Å². The smallest absolute Gasteiger partial charge is 0.410 e. The van der Waals surface area contributed by atoms with Gasteiger partial charge in [-0.1, -0.05) is 6.92 Å². The zero-order chi connectivity index (χ0) is 11.9. The van der Waals surface area contributed by atoms with Crippen molar-refractivity contribution in [3.63, 3.8) is 0 Å². The van der Waals surface area contributed by atoms with Gasteiger partial charge in [-0.2, -0.15) is 0 Å². The maximum atomic E-state index is 11.9. The van der Waals surface area contributed by atoms with Crippen LogP contribution in [-0.4, -0.2) is 29.7 Å². The van der Waals surface area contributed by atoms with Crippen LogP contribution in [-0.2, 0) is 4.74 Å². The van der Waals surface area contributed by atoms with Crippen LogP contribution in [0.25, 0.3) is 0 Å². The van der Waals surface area contributed by atoms with E-state index in [9.17, 15) is 4.79 Å². The van der Waals surface area contributed by atoms with Crippen molar-refractivity contribution in [2.45, 2.75) is 46.1 Å². The summed E-state index contributed by atoms with van der Waals surface area (Å²) in [6.07, 6.45) is 2.46. The Morgan fingerprint density at radius 1 is 1.25 bits per heavy atom. The van der Waals surface area contributed by atoms with Crippen molar-refractivity contribution >= 4 is 6.09 Å². The van der Waals surface area contributed by atoms with E-state index < -0.39 is 0 Å². The van der Waals surface area contributed by atoms with Gasteiger partial charge in [0.05, 0.1) is 0 Å². The molecule has 1 saturated carbocycles. The summed E-state index contributed by atoms with van der Waals surface area (Å²) in [6, 6.07) is 0. The molecule has 0 spiro atoms. The number of hydrogen-bond donors (Lipinski definition) is 0. The van der Waals surface area contributed by atoms with E-state index >= 15 is 0 Å². The molecule has 0 aromatic rings. The summed E-state index contributed by atoms with van der Waals surface area (Å²) in [5.74, 6) is 2.19. The second-order valence-electron chi connectivity index (χ2n) is 6.46. The van der Waals surface area contributed by atoms with E-state index in [-0.39, 0.29) is 11.7 Å². The molecule has 92 valence electrons. The predicted octanol–water partition coefficient (Wildman–Crippen LogP) is 2.90. The van der Waals surface area contributed by atoms with Crippen molar-refractivity contribution in [3.8, 4) is 0 Å². The molecular weight excluding hydrogens is 202 g/mol. The van der Waals surface area contributed by atoms with Crippen molar-refractivity contribution in [1.82, 2.24) is 4.90 Å². The van der Waals surface area contributed by atoms with Gasteiger partial charge in [0.2, 0.25) is 0 Å². The van der Waals surface area contributed by atoms with Crippen molar-refractivity contribution in [2.75, 3.05) is 13.1 Å². The van der Waals surface area contributed by atoms with Crippen LogP contribution in [0.15, 0.2) is 0 Å². The lowest BCUT2D eigenvalue weighted by Gasteiger charge is -2.33. The molecule has 2 fully saturated rings. The molecule has 1 aliphatic carbocycles. The molecule has 3 atom stereocenters. The number of piperidine rings is 1. The van der Waals surface area contributed by atoms with Crippen molar-refractivity contribution in [3.05, 3.63) is 0 Å². The van der Waals surface area contributed by atoms with Gasteiger partial charge in [0.25, 0.3) is 0 Å². The molecule has 0 aromatic carbocycles. The number of fused-ring (bicyclic) bond motifs is 2. The number of carbonyl (C=O) groups excluding carboxylic acids is 1. The first kappa shape index (κ1) is 11.7. The maximum Gasteiger partial charge on any atom is 0.410 e. The zero-order valence-electron chi connectivity index (χ0n) is 10.8. The highest BCUT2D eigenvalue weighted by Crippen LogP contribution is 2.40. The highest BCUT2D eigenvalue weighted by molar-refractivity contribution is 5.68. The number of nitrogens with zero attached hydrogens (tertiary/aromatic N) is 1. The highest BCUT2D eigenvalue weighted by Gasteiger charge is 2.40. The summed E-state index contributed by atoms with van der Waals surface area (Å²) in [5.41, 5.74) is -0.376. The van der Waals surface area contributed by atoms with E-state index in [1.165, 1.54) is 12.8 Å². The van der Waals surface area contributed by atoms with Crippen molar-refractivity contribution in [1.29, 1.82) is 0 Å². The lowest BCUT2D eigenvalue weighted by atomic mass is 9.96. The molecular formula is C13H23NO2. The predicted molar refractivity (Wildman–Crippen MR) is 63.2 cm³/mol.